The molecule has 1 saturated heterocycles. The highest BCUT2D eigenvalue weighted by Crippen LogP contribution is 2.36. The quantitative estimate of drug-likeness (QED) is 0.554. The predicted molar refractivity (Wildman–Crippen MR) is 74.5 cm³/mol. The smallest absolute Gasteiger partial charge is 0.459 e. The maximum atomic E-state index is 5.83. The van der Waals surface area contributed by atoms with Gasteiger partial charge in [0.25, 0.3) is 0 Å². The Balaban J connectivity index is 2.51. The van der Waals surface area contributed by atoms with Crippen LogP contribution >= 0.6 is 0 Å². The number of rotatable bonds is 5. The molecule has 0 unspecified atom stereocenters. The van der Waals surface area contributed by atoms with E-state index in [-0.39, 0.29) is 18.2 Å². The molecule has 0 saturated carbocycles. The van der Waals surface area contributed by atoms with Crippen LogP contribution in [0.15, 0.2) is 12.3 Å². The number of hydrogen-bond donors (Lipinski definition) is 0. The van der Waals surface area contributed by atoms with Crippen LogP contribution in [0.2, 0.25) is 0 Å². The lowest BCUT2D eigenvalue weighted by Gasteiger charge is -2.32. The molecule has 0 aliphatic carbocycles. The SMILES string of the molecule is C=C(OBB1OC(C)(C)C(C)(C)O1)C(C)(C)OC. The molecule has 1 fully saturated rings. The van der Waals surface area contributed by atoms with Crippen molar-refractivity contribution in [1.82, 2.24) is 0 Å². The summed E-state index contributed by atoms with van der Waals surface area (Å²) in [7, 11) is 1.57. The van der Waals surface area contributed by atoms with Gasteiger partial charge in [0, 0.05) is 7.11 Å². The molecule has 18 heavy (non-hydrogen) atoms. The van der Waals surface area contributed by atoms with Crippen LogP contribution in [0.1, 0.15) is 41.5 Å². The van der Waals surface area contributed by atoms with Crippen molar-refractivity contribution in [3.8, 4) is 0 Å². The van der Waals surface area contributed by atoms with Crippen LogP contribution in [0.3, 0.4) is 0 Å². The van der Waals surface area contributed by atoms with Crippen LogP contribution in [-0.4, -0.2) is 38.3 Å². The van der Waals surface area contributed by atoms with Crippen molar-refractivity contribution in [2.75, 3.05) is 7.11 Å². The molecular weight excluding hydrogens is 230 g/mol. The first-order chi connectivity index (χ1) is 8.02. The van der Waals surface area contributed by atoms with Gasteiger partial charge in [0.05, 0.1) is 17.0 Å². The van der Waals surface area contributed by atoms with Crippen LogP contribution in [-0.2, 0) is 18.7 Å². The summed E-state index contributed by atoms with van der Waals surface area (Å²) in [5.74, 6) is 0.569. The van der Waals surface area contributed by atoms with Crippen molar-refractivity contribution in [3.63, 3.8) is 0 Å². The highest BCUT2D eigenvalue weighted by atomic mass is 16.7. The Morgan fingerprint density at radius 1 is 1.17 bits per heavy atom. The van der Waals surface area contributed by atoms with E-state index in [2.05, 4.69) is 6.58 Å². The Hall–Kier alpha value is -0.450. The highest BCUT2D eigenvalue weighted by Gasteiger charge is 2.51. The van der Waals surface area contributed by atoms with Gasteiger partial charge < -0.3 is 18.7 Å². The second kappa shape index (κ2) is 4.91. The first-order valence-corrected chi connectivity index (χ1v) is 6.25. The topological polar surface area (TPSA) is 36.9 Å². The zero-order chi connectivity index (χ0) is 14.2. The van der Waals surface area contributed by atoms with Crippen LogP contribution in [0.5, 0.6) is 0 Å². The van der Waals surface area contributed by atoms with Crippen molar-refractivity contribution in [2.24, 2.45) is 0 Å². The van der Waals surface area contributed by atoms with E-state index in [1.54, 1.807) is 7.11 Å². The summed E-state index contributed by atoms with van der Waals surface area (Å²) in [5.41, 5.74) is -1.18. The maximum Gasteiger partial charge on any atom is 0.459 e. The molecule has 6 heteroatoms. The Morgan fingerprint density at radius 2 is 1.61 bits per heavy atom. The van der Waals surface area contributed by atoms with Crippen molar-refractivity contribution in [2.45, 2.75) is 58.3 Å². The summed E-state index contributed by atoms with van der Waals surface area (Å²) < 4.78 is 22.6. The molecule has 0 amide bonds. The van der Waals surface area contributed by atoms with Gasteiger partial charge >= 0.3 is 14.4 Å². The molecule has 0 aromatic carbocycles. The van der Waals surface area contributed by atoms with Crippen LogP contribution in [0, 0.1) is 0 Å². The Kier molecular flexibility index (Phi) is 4.26. The molecule has 1 heterocycles. The van der Waals surface area contributed by atoms with Gasteiger partial charge in [-0.05, 0) is 41.5 Å². The van der Waals surface area contributed by atoms with Crippen molar-refractivity contribution in [1.29, 1.82) is 0 Å². The largest absolute Gasteiger partial charge is 0.566 e. The summed E-state index contributed by atoms with van der Waals surface area (Å²) in [5, 5.41) is 0. The van der Waals surface area contributed by atoms with Crippen LogP contribution < -0.4 is 0 Å². The van der Waals surface area contributed by atoms with E-state index in [0.717, 1.165) is 0 Å². The summed E-state index contributed by atoms with van der Waals surface area (Å²) >= 11 is 0. The fourth-order valence-electron chi connectivity index (χ4n) is 1.49. The lowest BCUT2D eigenvalue weighted by Crippen LogP contribution is -2.41. The van der Waals surface area contributed by atoms with Gasteiger partial charge in [0.2, 0.25) is 0 Å². The molecule has 102 valence electrons. The highest BCUT2D eigenvalue weighted by molar-refractivity contribution is 7.03. The Labute approximate surface area is 111 Å². The third-order valence-corrected chi connectivity index (χ3v) is 3.88. The summed E-state index contributed by atoms with van der Waals surface area (Å²) in [6.45, 7) is 15.7. The van der Waals surface area contributed by atoms with E-state index in [1.807, 2.05) is 41.5 Å². The minimum Gasteiger partial charge on any atom is -0.566 e. The minimum absolute atomic E-state index is 0.318. The summed E-state index contributed by atoms with van der Waals surface area (Å²) in [4.78, 5) is 0. The zero-order valence-corrected chi connectivity index (χ0v) is 12.6. The third kappa shape index (κ3) is 3.11. The van der Waals surface area contributed by atoms with Gasteiger partial charge in [-0.15, -0.1) is 0 Å². The fourth-order valence-corrected chi connectivity index (χ4v) is 1.49. The standard InChI is InChI=1S/C12H24B2O4/c1-9(10(2,3)15-8)16-13-14-17-11(4,5)12(6,7)18-14/h13H,1H2,2-8H3. The van der Waals surface area contributed by atoms with Crippen LogP contribution in [0.25, 0.3) is 0 Å². The summed E-state index contributed by atoms with van der Waals surface area (Å²) in [6.07, 6.45) is 0. The molecule has 0 aromatic heterocycles. The van der Waals surface area contributed by atoms with E-state index in [9.17, 15) is 0 Å². The van der Waals surface area contributed by atoms with Crippen molar-refractivity contribution >= 4 is 14.4 Å². The fraction of sp³-hybridized carbons (Fsp3) is 0.833. The van der Waals surface area contributed by atoms with Gasteiger partial charge in [-0.2, -0.15) is 0 Å². The molecule has 1 aliphatic heterocycles. The molecular formula is C12H24B2O4. The number of hydrogen-bond acceptors (Lipinski definition) is 4. The van der Waals surface area contributed by atoms with E-state index < -0.39 is 5.60 Å². The lowest BCUT2D eigenvalue weighted by molar-refractivity contribution is 0.00578. The van der Waals surface area contributed by atoms with E-state index in [4.69, 9.17) is 18.7 Å². The van der Waals surface area contributed by atoms with Gasteiger partial charge in [-0.1, -0.05) is 6.58 Å². The molecule has 0 spiro atoms. The monoisotopic (exact) mass is 254 g/mol. The first kappa shape index (κ1) is 15.6. The molecule has 0 atom stereocenters. The normalized spacial score (nSPS) is 21.8. The molecule has 1 rings (SSSR count). The summed E-state index contributed by atoms with van der Waals surface area (Å²) in [6, 6.07) is 0. The van der Waals surface area contributed by atoms with Gasteiger partial charge in [-0.3, -0.25) is 0 Å². The molecule has 0 bridgehead atoms. The van der Waals surface area contributed by atoms with E-state index >= 15 is 0 Å². The van der Waals surface area contributed by atoms with Crippen molar-refractivity contribution in [3.05, 3.63) is 12.3 Å². The number of ether oxygens (including phenoxy) is 1. The van der Waals surface area contributed by atoms with E-state index in [0.29, 0.717) is 13.1 Å². The van der Waals surface area contributed by atoms with E-state index in [1.165, 1.54) is 0 Å². The molecule has 0 aromatic rings. The van der Waals surface area contributed by atoms with Crippen LogP contribution in [0.4, 0.5) is 0 Å². The second-order valence-corrected chi connectivity index (χ2v) is 6.13. The molecule has 0 N–H and O–H groups in total. The Bertz CT molecular complexity index is 310. The molecule has 4 nitrogen and oxygen atoms in total. The lowest BCUT2D eigenvalue weighted by atomic mass is 9.56. The first-order valence-electron chi connectivity index (χ1n) is 6.25. The average molecular weight is 254 g/mol. The van der Waals surface area contributed by atoms with Gasteiger partial charge in [0.1, 0.15) is 5.60 Å². The average Bonchev–Trinajstić information content (AvgIpc) is 2.44. The van der Waals surface area contributed by atoms with Gasteiger partial charge in [0.15, 0.2) is 0 Å². The van der Waals surface area contributed by atoms with Gasteiger partial charge in [-0.25, -0.2) is 0 Å². The molecule has 0 radical (unpaired) electrons. The minimum atomic E-state index is -0.510. The van der Waals surface area contributed by atoms with Crippen molar-refractivity contribution < 1.29 is 18.7 Å². The zero-order valence-electron chi connectivity index (χ0n) is 12.6. The maximum absolute atomic E-state index is 5.83. The Morgan fingerprint density at radius 3 is 2.00 bits per heavy atom. The molecule has 1 aliphatic rings. The number of methoxy groups -OCH3 is 1. The predicted octanol–water partition coefficient (Wildman–Crippen LogP) is 1.88. The third-order valence-electron chi connectivity index (χ3n) is 3.88. The second-order valence-electron chi connectivity index (χ2n) is 6.13.